The Morgan fingerprint density at radius 2 is 0.618 bits per heavy atom. The van der Waals surface area contributed by atoms with Crippen molar-refractivity contribution in [3.63, 3.8) is 0 Å². The third kappa shape index (κ3) is 10.9. The zero-order chi connectivity index (χ0) is 38.7. The van der Waals surface area contributed by atoms with E-state index in [0.29, 0.717) is 22.8 Å². The van der Waals surface area contributed by atoms with Crippen LogP contribution in [-0.4, -0.2) is 56.6 Å². The number of aromatic amines is 2. The molecule has 0 fully saturated rings. The van der Waals surface area contributed by atoms with Crippen LogP contribution in [0.3, 0.4) is 0 Å². The minimum Gasteiger partial charge on any atom is -0.872 e. The van der Waals surface area contributed by atoms with E-state index in [-0.39, 0.29) is 31.0 Å². The first kappa shape index (κ1) is 43.2. The van der Waals surface area contributed by atoms with Crippen molar-refractivity contribution in [2.75, 3.05) is 21.3 Å². The topological polar surface area (TPSA) is 164 Å². The first-order valence-electron chi connectivity index (χ1n) is 16.9. The van der Waals surface area contributed by atoms with Gasteiger partial charge in [0.05, 0.1) is 22.8 Å². The van der Waals surface area contributed by atoms with E-state index in [9.17, 15) is 10.2 Å². The van der Waals surface area contributed by atoms with Gasteiger partial charge in [-0.3, -0.25) is 0 Å². The maximum atomic E-state index is 12.2. The third-order valence-electron chi connectivity index (χ3n) is 7.91. The van der Waals surface area contributed by atoms with Crippen LogP contribution in [0.15, 0.2) is 170 Å². The molecule has 0 aliphatic carbocycles. The first-order valence-corrected chi connectivity index (χ1v) is 16.9. The molecule has 5 N–H and O–H groups in total. The van der Waals surface area contributed by atoms with Gasteiger partial charge in [-0.05, 0) is 0 Å². The molecule has 0 unspecified atom stereocenters. The number of benzene rings is 6. The molecule has 55 heavy (non-hydrogen) atoms. The molecule has 8 rings (SSSR count). The predicted molar refractivity (Wildman–Crippen MR) is 213 cm³/mol. The van der Waals surface area contributed by atoms with Crippen molar-refractivity contribution in [3.8, 4) is 79.3 Å². The SMILES string of the molecule is CO.CO.CO.[O-]c1ccccc1-c1nc(-c2ccccc2)c(-c2ccccc2)[nH]1.[O-]c1ccccc1-c1nc(-c2ccccc2)c(-c2ccccc2)[nH]1.[Zn+2]. The van der Waals surface area contributed by atoms with Crippen molar-refractivity contribution in [3.05, 3.63) is 170 Å². The molecule has 6 aromatic carbocycles. The molecule has 0 aliphatic rings. The van der Waals surface area contributed by atoms with Gasteiger partial charge in [-0.15, -0.1) is 0 Å². The predicted octanol–water partition coefficient (Wildman–Crippen LogP) is 7.79. The molecule has 8 aromatic rings. The van der Waals surface area contributed by atoms with Gasteiger partial charge in [0, 0.05) is 54.7 Å². The quantitative estimate of drug-likeness (QED) is 0.108. The Labute approximate surface area is 334 Å². The molecule has 0 amide bonds. The van der Waals surface area contributed by atoms with E-state index in [1.165, 1.54) is 0 Å². The van der Waals surface area contributed by atoms with Crippen LogP contribution in [0, 0.1) is 0 Å². The van der Waals surface area contributed by atoms with Gasteiger partial charge in [0.2, 0.25) is 0 Å². The van der Waals surface area contributed by atoms with Crippen LogP contribution in [0.5, 0.6) is 11.5 Å². The van der Waals surface area contributed by atoms with Crippen molar-refractivity contribution < 1.29 is 45.0 Å². The second kappa shape index (κ2) is 22.8. The summed E-state index contributed by atoms with van der Waals surface area (Å²) in [6.45, 7) is 0. The van der Waals surface area contributed by atoms with Crippen LogP contribution < -0.4 is 10.2 Å². The average Bonchev–Trinajstić information content (AvgIpc) is 3.91. The molecule has 2 aromatic heterocycles. The fourth-order valence-electron chi connectivity index (χ4n) is 5.56. The Bertz CT molecular complexity index is 1990. The monoisotopic (exact) mass is 782 g/mol. The van der Waals surface area contributed by atoms with E-state index < -0.39 is 0 Å². The van der Waals surface area contributed by atoms with E-state index in [1.54, 1.807) is 36.4 Å². The van der Waals surface area contributed by atoms with Crippen LogP contribution >= 0.6 is 0 Å². The van der Waals surface area contributed by atoms with Crippen molar-refractivity contribution >= 4 is 0 Å². The van der Waals surface area contributed by atoms with Gasteiger partial charge >= 0.3 is 19.5 Å². The minimum atomic E-state index is -0.0366. The number of hydrogen-bond acceptors (Lipinski definition) is 7. The molecule has 0 aliphatic heterocycles. The van der Waals surface area contributed by atoms with E-state index in [0.717, 1.165) is 66.4 Å². The number of imidazole rings is 2. The summed E-state index contributed by atoms with van der Waals surface area (Å²) in [5, 5.41) is 45.3. The number of H-pyrrole nitrogens is 2. The minimum absolute atomic E-state index is 0. The molecule has 274 valence electrons. The summed E-state index contributed by atoms with van der Waals surface area (Å²) in [7, 11) is 3.00. The number of aromatic nitrogens is 4. The van der Waals surface area contributed by atoms with Gasteiger partial charge in [-0.1, -0.05) is 181 Å². The van der Waals surface area contributed by atoms with Gasteiger partial charge in [0.15, 0.2) is 0 Å². The number of aliphatic hydroxyl groups excluding tert-OH is 3. The Hall–Kier alpha value is -6.16. The van der Waals surface area contributed by atoms with E-state index in [1.807, 2.05) is 133 Å². The van der Waals surface area contributed by atoms with Gasteiger partial charge < -0.3 is 35.5 Å². The maximum absolute atomic E-state index is 12.2. The summed E-state index contributed by atoms with van der Waals surface area (Å²) in [4.78, 5) is 16.1. The summed E-state index contributed by atoms with van der Waals surface area (Å²) < 4.78 is 0. The maximum Gasteiger partial charge on any atom is 2.00 e. The molecule has 9 nitrogen and oxygen atoms in total. The molecule has 2 heterocycles. The summed E-state index contributed by atoms with van der Waals surface area (Å²) in [5.41, 5.74) is 8.80. The summed E-state index contributed by atoms with van der Waals surface area (Å²) in [5.74, 6) is 1.12. The van der Waals surface area contributed by atoms with Crippen molar-refractivity contribution in [1.29, 1.82) is 0 Å². The Balaban J connectivity index is 0.000000256. The summed E-state index contributed by atoms with van der Waals surface area (Å²) in [6, 6.07) is 54.0. The largest absolute Gasteiger partial charge is 2.00 e. The van der Waals surface area contributed by atoms with Crippen LogP contribution in [0.1, 0.15) is 0 Å². The van der Waals surface area contributed by atoms with Crippen molar-refractivity contribution in [1.82, 2.24) is 19.9 Å². The number of rotatable bonds is 6. The fourth-order valence-corrected chi connectivity index (χ4v) is 5.56. The van der Waals surface area contributed by atoms with Crippen molar-refractivity contribution in [2.24, 2.45) is 0 Å². The molecule has 0 atom stereocenters. The number of hydrogen-bond donors (Lipinski definition) is 5. The van der Waals surface area contributed by atoms with Crippen LogP contribution in [-0.2, 0) is 19.5 Å². The Morgan fingerprint density at radius 3 is 0.909 bits per heavy atom. The third-order valence-corrected chi connectivity index (χ3v) is 7.91. The Morgan fingerprint density at radius 1 is 0.364 bits per heavy atom. The van der Waals surface area contributed by atoms with Crippen molar-refractivity contribution in [2.45, 2.75) is 0 Å². The number of aliphatic hydroxyl groups is 3. The van der Waals surface area contributed by atoms with E-state index in [4.69, 9.17) is 25.3 Å². The molecule has 10 heteroatoms. The van der Waals surface area contributed by atoms with Gasteiger partial charge in [0.1, 0.15) is 11.6 Å². The Kier molecular flexibility index (Phi) is 17.9. The molecule has 0 saturated carbocycles. The van der Waals surface area contributed by atoms with Crippen LogP contribution in [0.2, 0.25) is 0 Å². The molecule has 0 spiro atoms. The molecule has 0 bridgehead atoms. The smallest absolute Gasteiger partial charge is 0.872 e. The van der Waals surface area contributed by atoms with Crippen LogP contribution in [0.25, 0.3) is 67.8 Å². The number of nitrogens with zero attached hydrogens (tertiary/aromatic N) is 2. The summed E-state index contributed by atoms with van der Waals surface area (Å²) in [6.07, 6.45) is 0. The molecule has 0 saturated heterocycles. The standard InChI is InChI=1S/2C21H16N2O.3CH4O.Zn/c2*24-18-14-8-7-13-17(18)21-22-19(15-9-3-1-4-10-15)20(23-21)16-11-5-2-6-12-16;3*1-2;/h2*1-14,24H,(H,22,23);3*2H,1H3;/q;;;;;+2/p-2. The second-order valence-corrected chi connectivity index (χ2v) is 11.1. The van der Waals surface area contributed by atoms with Gasteiger partial charge in [0.25, 0.3) is 0 Å². The average molecular weight is 784 g/mol. The van der Waals surface area contributed by atoms with E-state index in [2.05, 4.69) is 9.97 Å². The molecular formula is C45H42N4O5Zn. The normalized spacial score (nSPS) is 9.64. The molecular weight excluding hydrogens is 742 g/mol. The zero-order valence-corrected chi connectivity index (χ0v) is 33.9. The second-order valence-electron chi connectivity index (χ2n) is 11.1. The number of nitrogens with one attached hydrogen (secondary N) is 2. The fraction of sp³-hybridized carbons (Fsp3) is 0.0667. The van der Waals surface area contributed by atoms with Gasteiger partial charge in [-0.2, -0.15) is 0 Å². The summed E-state index contributed by atoms with van der Waals surface area (Å²) >= 11 is 0. The first-order chi connectivity index (χ1) is 26.7. The van der Waals surface area contributed by atoms with Gasteiger partial charge in [-0.25, -0.2) is 9.97 Å². The van der Waals surface area contributed by atoms with E-state index >= 15 is 0 Å². The zero-order valence-electron chi connectivity index (χ0n) is 30.9. The number of para-hydroxylation sites is 2. The van der Waals surface area contributed by atoms with Crippen LogP contribution in [0.4, 0.5) is 0 Å². The molecule has 0 radical (unpaired) electrons.